The van der Waals surface area contributed by atoms with Crippen LogP contribution in [-0.4, -0.2) is 81.3 Å². The van der Waals surface area contributed by atoms with Crippen LogP contribution >= 0.6 is 0 Å². The van der Waals surface area contributed by atoms with Gasteiger partial charge in [-0.2, -0.15) is 0 Å². The van der Waals surface area contributed by atoms with Gasteiger partial charge in [0.1, 0.15) is 17.3 Å². The van der Waals surface area contributed by atoms with Crippen LogP contribution in [-0.2, 0) is 4.79 Å². The molecule has 0 radical (unpaired) electrons. The molecule has 180 valence electrons. The molecular weight excluding hydrogens is 422 g/mol. The number of aliphatic hydroxyl groups excluding tert-OH is 1. The molecule has 2 amide bonds. The Balaban J connectivity index is 1.94. The number of ether oxygens (including phenoxy) is 1. The van der Waals surface area contributed by atoms with Crippen LogP contribution in [0.1, 0.15) is 62.9 Å². The average Bonchev–Trinajstić information content (AvgIpc) is 2.72. The number of aromatic nitrogens is 1. The molecule has 2 aliphatic rings. The maximum Gasteiger partial charge on any atom is 0.259 e. The van der Waals surface area contributed by atoms with Crippen molar-refractivity contribution in [3.8, 4) is 17.7 Å². The second kappa shape index (κ2) is 10.1. The molecule has 33 heavy (non-hydrogen) atoms. The zero-order chi connectivity index (χ0) is 24.3. The van der Waals surface area contributed by atoms with Gasteiger partial charge in [0, 0.05) is 37.2 Å². The first kappa shape index (κ1) is 25.0. The molecule has 1 fully saturated rings. The van der Waals surface area contributed by atoms with E-state index in [0.29, 0.717) is 18.7 Å². The van der Waals surface area contributed by atoms with Gasteiger partial charge in [-0.25, -0.2) is 4.98 Å². The Kier molecular flexibility index (Phi) is 7.65. The SMILES string of the molecule is C[C@@H]1CN([C@H](C)CO)C(=O)c2cc(C#CC(C)(C)O)cnc2O[C@H]1CN(C)C(=O)C1CCC1. The third-order valence-corrected chi connectivity index (χ3v) is 6.32. The number of hydrogen-bond donors (Lipinski definition) is 2. The second-order valence-corrected chi connectivity index (χ2v) is 9.86. The molecule has 8 heteroatoms. The number of aliphatic hydroxyl groups is 2. The van der Waals surface area contributed by atoms with E-state index in [1.54, 1.807) is 43.7 Å². The maximum absolute atomic E-state index is 13.4. The first-order chi connectivity index (χ1) is 15.5. The fourth-order valence-corrected chi connectivity index (χ4v) is 3.94. The molecule has 1 aliphatic carbocycles. The van der Waals surface area contributed by atoms with Crippen molar-refractivity contribution < 1.29 is 24.5 Å². The summed E-state index contributed by atoms with van der Waals surface area (Å²) in [7, 11) is 1.79. The minimum atomic E-state index is -1.18. The van der Waals surface area contributed by atoms with E-state index in [9.17, 15) is 19.8 Å². The van der Waals surface area contributed by atoms with E-state index < -0.39 is 11.6 Å². The van der Waals surface area contributed by atoms with Crippen LogP contribution in [0.4, 0.5) is 0 Å². The lowest BCUT2D eigenvalue weighted by Crippen LogP contribution is -2.51. The van der Waals surface area contributed by atoms with E-state index in [0.717, 1.165) is 19.3 Å². The van der Waals surface area contributed by atoms with Crippen LogP contribution in [0.2, 0.25) is 0 Å². The second-order valence-electron chi connectivity index (χ2n) is 9.86. The average molecular weight is 458 g/mol. The van der Waals surface area contributed by atoms with Gasteiger partial charge in [-0.05, 0) is 39.7 Å². The topological polar surface area (TPSA) is 103 Å². The molecule has 1 aliphatic heterocycles. The number of fused-ring (bicyclic) bond motifs is 1. The number of nitrogens with zero attached hydrogens (tertiary/aromatic N) is 3. The molecule has 2 heterocycles. The van der Waals surface area contributed by atoms with Crippen molar-refractivity contribution >= 4 is 11.8 Å². The summed E-state index contributed by atoms with van der Waals surface area (Å²) in [6.45, 7) is 7.50. The Morgan fingerprint density at radius 1 is 1.42 bits per heavy atom. The standard InChI is InChI=1S/C25H35N3O5/c1-16-13-28(17(2)15-29)24(31)20-11-18(9-10-25(3,4)32)12-26-22(20)33-21(16)14-27(5)23(30)19-7-6-8-19/h11-12,16-17,19,21,29,32H,6-8,13-15H2,1-5H3/t16-,17-,21+/m1/s1. The number of amides is 2. The Hall–Kier alpha value is -2.63. The first-order valence-electron chi connectivity index (χ1n) is 11.6. The summed E-state index contributed by atoms with van der Waals surface area (Å²) in [6, 6.07) is 1.21. The molecule has 1 aromatic heterocycles. The van der Waals surface area contributed by atoms with Gasteiger partial charge in [0.2, 0.25) is 11.8 Å². The molecule has 3 atom stereocenters. The maximum atomic E-state index is 13.4. The van der Waals surface area contributed by atoms with Gasteiger partial charge < -0.3 is 24.7 Å². The lowest BCUT2D eigenvalue weighted by molar-refractivity contribution is -0.138. The van der Waals surface area contributed by atoms with Gasteiger partial charge in [-0.1, -0.05) is 25.2 Å². The summed E-state index contributed by atoms with van der Waals surface area (Å²) in [5, 5.41) is 19.7. The number of carbonyl (C=O) groups is 2. The van der Waals surface area contributed by atoms with Crippen LogP contribution in [0, 0.1) is 23.7 Å². The van der Waals surface area contributed by atoms with Crippen LogP contribution in [0.15, 0.2) is 12.3 Å². The number of pyridine rings is 1. The summed E-state index contributed by atoms with van der Waals surface area (Å²) >= 11 is 0. The van der Waals surface area contributed by atoms with Gasteiger partial charge in [0.25, 0.3) is 5.91 Å². The summed E-state index contributed by atoms with van der Waals surface area (Å²) in [4.78, 5) is 33.8. The van der Waals surface area contributed by atoms with Crippen LogP contribution in [0.25, 0.3) is 0 Å². The third-order valence-electron chi connectivity index (χ3n) is 6.32. The van der Waals surface area contributed by atoms with E-state index in [2.05, 4.69) is 16.8 Å². The summed E-state index contributed by atoms with van der Waals surface area (Å²) in [6.07, 6.45) is 4.09. The molecule has 8 nitrogen and oxygen atoms in total. The fraction of sp³-hybridized carbons (Fsp3) is 0.640. The normalized spacial score (nSPS) is 22.0. The van der Waals surface area contributed by atoms with E-state index in [1.165, 1.54) is 6.20 Å². The minimum absolute atomic E-state index is 0.0914. The van der Waals surface area contributed by atoms with Crippen LogP contribution in [0.3, 0.4) is 0 Å². The summed E-state index contributed by atoms with van der Waals surface area (Å²) in [5.41, 5.74) is -0.449. The molecule has 0 aromatic carbocycles. The lowest BCUT2D eigenvalue weighted by Gasteiger charge is -2.38. The lowest BCUT2D eigenvalue weighted by atomic mass is 9.84. The van der Waals surface area contributed by atoms with E-state index in [1.807, 2.05) is 6.92 Å². The largest absolute Gasteiger partial charge is 0.472 e. The molecule has 1 aromatic rings. The fourth-order valence-electron chi connectivity index (χ4n) is 3.94. The quantitative estimate of drug-likeness (QED) is 0.652. The molecule has 1 saturated carbocycles. The highest BCUT2D eigenvalue weighted by molar-refractivity contribution is 5.97. The zero-order valence-corrected chi connectivity index (χ0v) is 20.2. The van der Waals surface area contributed by atoms with Crippen LogP contribution < -0.4 is 4.74 Å². The molecule has 0 bridgehead atoms. The van der Waals surface area contributed by atoms with Crippen molar-refractivity contribution in [1.82, 2.24) is 14.8 Å². The Labute approximate surface area is 195 Å². The highest BCUT2D eigenvalue weighted by Crippen LogP contribution is 2.30. The molecule has 0 saturated heterocycles. The van der Waals surface area contributed by atoms with Crippen molar-refractivity contribution in [3.63, 3.8) is 0 Å². The number of rotatable bonds is 5. The van der Waals surface area contributed by atoms with Crippen molar-refractivity contribution in [1.29, 1.82) is 0 Å². The Morgan fingerprint density at radius 3 is 2.70 bits per heavy atom. The molecular formula is C25H35N3O5. The first-order valence-corrected chi connectivity index (χ1v) is 11.6. The minimum Gasteiger partial charge on any atom is -0.472 e. The molecule has 0 spiro atoms. The van der Waals surface area contributed by atoms with Gasteiger partial charge in [-0.15, -0.1) is 0 Å². The highest BCUT2D eigenvalue weighted by Gasteiger charge is 2.36. The third kappa shape index (κ3) is 6.04. The van der Waals surface area contributed by atoms with Gasteiger partial charge in [0.15, 0.2) is 0 Å². The predicted octanol–water partition coefficient (Wildman–Crippen LogP) is 1.68. The van der Waals surface area contributed by atoms with E-state index in [-0.39, 0.29) is 47.8 Å². The van der Waals surface area contributed by atoms with Crippen LogP contribution in [0.5, 0.6) is 5.88 Å². The monoisotopic (exact) mass is 457 g/mol. The number of carbonyl (C=O) groups excluding carboxylic acids is 2. The van der Waals surface area contributed by atoms with E-state index in [4.69, 9.17) is 4.74 Å². The zero-order valence-electron chi connectivity index (χ0n) is 20.2. The molecule has 3 rings (SSSR count). The van der Waals surface area contributed by atoms with Gasteiger partial charge in [0.05, 0.1) is 19.2 Å². The smallest absolute Gasteiger partial charge is 0.259 e. The van der Waals surface area contributed by atoms with Crippen molar-refractivity contribution in [2.45, 2.75) is 64.7 Å². The highest BCUT2D eigenvalue weighted by atomic mass is 16.5. The van der Waals surface area contributed by atoms with Crippen molar-refractivity contribution in [3.05, 3.63) is 23.4 Å². The summed E-state index contributed by atoms with van der Waals surface area (Å²) in [5.74, 6) is 5.59. The van der Waals surface area contributed by atoms with Crippen molar-refractivity contribution in [2.75, 3.05) is 26.7 Å². The molecule has 2 N–H and O–H groups in total. The Morgan fingerprint density at radius 2 is 2.12 bits per heavy atom. The summed E-state index contributed by atoms with van der Waals surface area (Å²) < 4.78 is 6.22. The molecule has 0 unspecified atom stereocenters. The predicted molar refractivity (Wildman–Crippen MR) is 124 cm³/mol. The van der Waals surface area contributed by atoms with E-state index >= 15 is 0 Å². The van der Waals surface area contributed by atoms with Crippen molar-refractivity contribution in [2.24, 2.45) is 11.8 Å². The van der Waals surface area contributed by atoms with Gasteiger partial charge in [-0.3, -0.25) is 9.59 Å². The number of likely N-dealkylation sites (N-methyl/N-ethyl adjacent to an activating group) is 1. The van der Waals surface area contributed by atoms with Gasteiger partial charge >= 0.3 is 0 Å². The Bertz CT molecular complexity index is 942. The number of hydrogen-bond acceptors (Lipinski definition) is 6.